The SMILES string of the molecule is CC(C)(C)CCOCC(CCNc1ccc(C(=O)c2ccccc2)cc1)OCC(CCNc1ccc(C(=O)c2ccccc2)cc1)OC(C)(C)C. The van der Waals surface area contributed by atoms with Crippen molar-refractivity contribution in [2.45, 2.75) is 78.6 Å². The summed E-state index contributed by atoms with van der Waals surface area (Å²) in [7, 11) is 0. The fourth-order valence-corrected chi connectivity index (χ4v) is 5.47. The largest absolute Gasteiger partial charge is 0.385 e. The Labute approximate surface area is 305 Å². The van der Waals surface area contributed by atoms with Gasteiger partial charge in [-0.05, 0) is 94.0 Å². The van der Waals surface area contributed by atoms with E-state index in [0.717, 1.165) is 30.6 Å². The molecule has 0 spiro atoms. The van der Waals surface area contributed by atoms with Crippen molar-refractivity contribution < 1.29 is 23.8 Å². The second kappa shape index (κ2) is 19.3. The van der Waals surface area contributed by atoms with Crippen LogP contribution < -0.4 is 10.6 Å². The van der Waals surface area contributed by atoms with Gasteiger partial charge in [-0.1, -0.05) is 81.4 Å². The fourth-order valence-electron chi connectivity index (χ4n) is 5.47. The van der Waals surface area contributed by atoms with Crippen LogP contribution in [0.15, 0.2) is 109 Å². The molecule has 0 bridgehead atoms. The van der Waals surface area contributed by atoms with Crippen LogP contribution in [0.2, 0.25) is 0 Å². The van der Waals surface area contributed by atoms with E-state index in [1.54, 1.807) is 0 Å². The van der Waals surface area contributed by atoms with Crippen LogP contribution in [0.25, 0.3) is 0 Å². The Kier molecular flexibility index (Phi) is 15.0. The van der Waals surface area contributed by atoms with E-state index in [1.807, 2.05) is 109 Å². The zero-order valence-corrected chi connectivity index (χ0v) is 31.2. The van der Waals surface area contributed by atoms with Crippen molar-refractivity contribution in [3.05, 3.63) is 131 Å². The number of ether oxygens (including phenoxy) is 3. The van der Waals surface area contributed by atoms with Crippen molar-refractivity contribution in [3.8, 4) is 0 Å². The van der Waals surface area contributed by atoms with Gasteiger partial charge >= 0.3 is 0 Å². The van der Waals surface area contributed by atoms with Gasteiger partial charge in [0.2, 0.25) is 0 Å². The molecule has 4 aromatic carbocycles. The van der Waals surface area contributed by atoms with Gasteiger partial charge in [-0.2, -0.15) is 0 Å². The summed E-state index contributed by atoms with van der Waals surface area (Å²) in [4.78, 5) is 25.6. The van der Waals surface area contributed by atoms with Crippen molar-refractivity contribution in [2.75, 3.05) is 43.5 Å². The molecule has 0 radical (unpaired) electrons. The molecule has 272 valence electrons. The maximum absolute atomic E-state index is 12.8. The van der Waals surface area contributed by atoms with Crippen LogP contribution in [0.3, 0.4) is 0 Å². The zero-order chi connectivity index (χ0) is 36.7. The summed E-state index contributed by atoms with van der Waals surface area (Å²) in [5.41, 5.74) is 4.45. The molecule has 0 heterocycles. The number of anilines is 2. The van der Waals surface area contributed by atoms with Crippen LogP contribution >= 0.6 is 0 Å². The number of carbonyl (C=O) groups is 2. The van der Waals surface area contributed by atoms with E-state index >= 15 is 0 Å². The molecule has 4 aromatic rings. The van der Waals surface area contributed by atoms with Gasteiger partial charge in [0, 0.05) is 53.3 Å². The number of benzene rings is 4. The molecule has 7 nitrogen and oxygen atoms in total. The highest BCUT2D eigenvalue weighted by Crippen LogP contribution is 2.20. The average molecular weight is 693 g/mol. The standard InChI is InChI=1S/C44H56N2O5/c1-43(2,3)27-30-49-31-39(25-28-45-37-21-17-35(18-22-37)41(47)33-13-9-7-10-14-33)50-32-40(51-44(4,5)6)26-29-46-38-23-19-36(20-24-38)42(48)34-15-11-8-12-16-34/h7-24,39-40,45-46H,25-32H2,1-6H3. The van der Waals surface area contributed by atoms with Crippen molar-refractivity contribution in [1.82, 2.24) is 0 Å². The molecule has 0 saturated heterocycles. The summed E-state index contributed by atoms with van der Waals surface area (Å²) in [5, 5.41) is 6.97. The van der Waals surface area contributed by atoms with Crippen LogP contribution in [0.4, 0.5) is 11.4 Å². The third-order valence-corrected chi connectivity index (χ3v) is 8.30. The lowest BCUT2D eigenvalue weighted by Gasteiger charge is -2.29. The molecular weight excluding hydrogens is 636 g/mol. The normalized spacial score (nSPS) is 13.0. The van der Waals surface area contributed by atoms with Crippen molar-refractivity contribution in [2.24, 2.45) is 5.41 Å². The second-order valence-electron chi connectivity index (χ2n) is 15.2. The van der Waals surface area contributed by atoms with Gasteiger partial charge in [0.25, 0.3) is 0 Å². The lowest BCUT2D eigenvalue weighted by molar-refractivity contribution is -0.116. The molecule has 51 heavy (non-hydrogen) atoms. The fraction of sp³-hybridized carbons (Fsp3) is 0.409. The minimum absolute atomic E-state index is 0.0123. The van der Waals surface area contributed by atoms with E-state index < -0.39 is 0 Å². The molecule has 0 saturated carbocycles. The minimum Gasteiger partial charge on any atom is -0.385 e. The molecule has 2 atom stereocenters. The summed E-state index contributed by atoms with van der Waals surface area (Å²) in [6, 6.07) is 33.9. The summed E-state index contributed by atoms with van der Waals surface area (Å²) in [6.07, 6.45) is 2.21. The van der Waals surface area contributed by atoms with Crippen LogP contribution in [0, 0.1) is 5.41 Å². The summed E-state index contributed by atoms with van der Waals surface area (Å²) >= 11 is 0. The molecule has 0 amide bonds. The van der Waals surface area contributed by atoms with Gasteiger partial charge in [0.1, 0.15) is 0 Å². The quantitative estimate of drug-likeness (QED) is 0.0705. The third-order valence-electron chi connectivity index (χ3n) is 8.30. The van der Waals surface area contributed by atoms with E-state index in [2.05, 4.69) is 52.2 Å². The molecule has 2 unspecified atom stereocenters. The van der Waals surface area contributed by atoms with Gasteiger partial charge in [0.15, 0.2) is 11.6 Å². The molecule has 0 aliphatic rings. The number of ketones is 2. The summed E-state index contributed by atoms with van der Waals surface area (Å²) < 4.78 is 19.1. The average Bonchev–Trinajstić information content (AvgIpc) is 3.11. The Morgan fingerprint density at radius 1 is 0.569 bits per heavy atom. The molecule has 4 rings (SSSR count). The van der Waals surface area contributed by atoms with Crippen LogP contribution in [-0.2, 0) is 14.2 Å². The lowest BCUT2D eigenvalue weighted by atomic mass is 9.93. The van der Waals surface area contributed by atoms with Crippen LogP contribution in [0.5, 0.6) is 0 Å². The molecule has 0 aliphatic heterocycles. The highest BCUT2D eigenvalue weighted by atomic mass is 16.6. The van der Waals surface area contributed by atoms with Gasteiger partial charge < -0.3 is 24.8 Å². The Morgan fingerprint density at radius 3 is 1.43 bits per heavy atom. The first-order chi connectivity index (χ1) is 24.4. The van der Waals surface area contributed by atoms with Gasteiger partial charge in [0.05, 0.1) is 31.0 Å². The maximum Gasteiger partial charge on any atom is 0.193 e. The van der Waals surface area contributed by atoms with E-state index in [4.69, 9.17) is 14.2 Å². The predicted octanol–water partition coefficient (Wildman–Crippen LogP) is 9.47. The maximum atomic E-state index is 12.8. The first-order valence-corrected chi connectivity index (χ1v) is 18.1. The number of nitrogens with one attached hydrogen (secondary N) is 2. The Hall–Kier alpha value is -4.30. The van der Waals surface area contributed by atoms with Gasteiger partial charge in [-0.15, -0.1) is 0 Å². The Balaban J connectivity index is 1.30. The predicted molar refractivity (Wildman–Crippen MR) is 208 cm³/mol. The molecule has 0 aliphatic carbocycles. The highest BCUT2D eigenvalue weighted by molar-refractivity contribution is 6.09. The number of carbonyl (C=O) groups excluding carboxylic acids is 2. The van der Waals surface area contributed by atoms with E-state index in [0.29, 0.717) is 55.2 Å². The molecule has 2 N–H and O–H groups in total. The summed E-state index contributed by atoms with van der Waals surface area (Å²) in [5.74, 6) is 0.0248. The van der Waals surface area contributed by atoms with Gasteiger partial charge in [-0.3, -0.25) is 9.59 Å². The van der Waals surface area contributed by atoms with E-state index in [1.165, 1.54) is 0 Å². The number of rotatable bonds is 20. The van der Waals surface area contributed by atoms with E-state index in [9.17, 15) is 9.59 Å². The summed E-state index contributed by atoms with van der Waals surface area (Å²) in [6.45, 7) is 15.8. The zero-order valence-electron chi connectivity index (χ0n) is 31.2. The number of hydrogen-bond donors (Lipinski definition) is 2. The minimum atomic E-state index is -0.332. The molecule has 0 fully saturated rings. The van der Waals surface area contributed by atoms with E-state index in [-0.39, 0.29) is 34.8 Å². The van der Waals surface area contributed by atoms with Gasteiger partial charge in [-0.25, -0.2) is 0 Å². The van der Waals surface area contributed by atoms with Crippen molar-refractivity contribution in [1.29, 1.82) is 0 Å². The van der Waals surface area contributed by atoms with Crippen molar-refractivity contribution >= 4 is 22.9 Å². The first kappa shape index (κ1) is 39.5. The third kappa shape index (κ3) is 14.5. The second-order valence-corrected chi connectivity index (χ2v) is 15.2. The topological polar surface area (TPSA) is 85.9 Å². The van der Waals surface area contributed by atoms with Crippen LogP contribution in [-0.4, -0.2) is 62.3 Å². The number of hydrogen-bond acceptors (Lipinski definition) is 7. The Morgan fingerprint density at radius 2 is 1.00 bits per heavy atom. The molecule has 0 aromatic heterocycles. The first-order valence-electron chi connectivity index (χ1n) is 18.1. The lowest BCUT2D eigenvalue weighted by Crippen LogP contribution is -2.35. The highest BCUT2D eigenvalue weighted by Gasteiger charge is 2.22. The monoisotopic (exact) mass is 692 g/mol. The smallest absolute Gasteiger partial charge is 0.193 e. The Bertz CT molecular complexity index is 1610. The van der Waals surface area contributed by atoms with Crippen molar-refractivity contribution in [3.63, 3.8) is 0 Å². The molecule has 7 heteroatoms. The molecular formula is C44H56N2O5. The van der Waals surface area contributed by atoms with Crippen LogP contribution in [0.1, 0.15) is 92.6 Å².